The molecule has 2 aromatic carbocycles. The molecule has 10 heteroatoms. The van der Waals surface area contributed by atoms with E-state index in [0.717, 1.165) is 27.6 Å². The summed E-state index contributed by atoms with van der Waals surface area (Å²) in [6.45, 7) is 1.86. The van der Waals surface area contributed by atoms with Crippen LogP contribution in [0.3, 0.4) is 0 Å². The summed E-state index contributed by atoms with van der Waals surface area (Å²) in [5, 5.41) is 10.4. The lowest BCUT2D eigenvalue weighted by atomic mass is 10.0. The van der Waals surface area contributed by atoms with Crippen LogP contribution in [0.15, 0.2) is 67.0 Å². The van der Waals surface area contributed by atoms with Crippen molar-refractivity contribution in [1.29, 1.82) is 0 Å². The number of aromatic nitrogens is 4. The van der Waals surface area contributed by atoms with Gasteiger partial charge in [-0.25, -0.2) is 13.7 Å². The van der Waals surface area contributed by atoms with Gasteiger partial charge in [0.1, 0.15) is 5.82 Å². The molecule has 2 N–H and O–H groups in total. The lowest BCUT2D eigenvalue weighted by molar-refractivity contribution is 0.0941. The van der Waals surface area contributed by atoms with E-state index in [2.05, 4.69) is 25.5 Å². The van der Waals surface area contributed by atoms with E-state index in [-0.39, 0.29) is 23.7 Å². The maximum Gasteiger partial charge on any atom is 0.413 e. The Kier molecular flexibility index (Phi) is 5.85. The highest BCUT2D eigenvalue weighted by atomic mass is 19.1. The van der Waals surface area contributed by atoms with Crippen LogP contribution in [0.5, 0.6) is 0 Å². The Hall–Kier alpha value is -4.73. The number of benzene rings is 2. The summed E-state index contributed by atoms with van der Waals surface area (Å²) >= 11 is 0. The molecule has 1 atom stereocenters. The van der Waals surface area contributed by atoms with Crippen LogP contribution in [0, 0.1) is 5.82 Å². The van der Waals surface area contributed by atoms with Gasteiger partial charge in [0.05, 0.1) is 18.7 Å². The number of carbonyl (C=O) groups is 2. The smallest absolute Gasteiger partial charge is 0.413 e. The van der Waals surface area contributed by atoms with Crippen LogP contribution in [0.25, 0.3) is 27.7 Å². The van der Waals surface area contributed by atoms with E-state index in [1.54, 1.807) is 29.0 Å². The van der Waals surface area contributed by atoms with Gasteiger partial charge in [-0.3, -0.25) is 10.1 Å². The van der Waals surface area contributed by atoms with Crippen molar-refractivity contribution in [3.63, 3.8) is 0 Å². The van der Waals surface area contributed by atoms with Crippen molar-refractivity contribution in [2.24, 2.45) is 7.05 Å². The number of hydrogen-bond donors (Lipinski definition) is 2. The van der Waals surface area contributed by atoms with Gasteiger partial charge in [0.25, 0.3) is 11.9 Å². The van der Waals surface area contributed by atoms with Crippen molar-refractivity contribution in [3.05, 3.63) is 83.9 Å². The Morgan fingerprint density at radius 2 is 1.81 bits per heavy atom. The minimum Gasteiger partial charge on any atom is -0.453 e. The molecule has 3 aromatic heterocycles. The Labute approximate surface area is 205 Å². The van der Waals surface area contributed by atoms with Crippen molar-refractivity contribution in [2.75, 3.05) is 12.4 Å². The Morgan fingerprint density at radius 3 is 2.56 bits per heavy atom. The molecule has 0 aliphatic carbocycles. The molecular formula is C26H23FN6O3. The average molecular weight is 487 g/mol. The van der Waals surface area contributed by atoms with Crippen LogP contribution in [-0.4, -0.2) is 38.3 Å². The predicted molar refractivity (Wildman–Crippen MR) is 133 cm³/mol. The first-order chi connectivity index (χ1) is 17.3. The van der Waals surface area contributed by atoms with Gasteiger partial charge in [0, 0.05) is 30.3 Å². The summed E-state index contributed by atoms with van der Waals surface area (Å²) in [6.07, 6.45) is 2.89. The van der Waals surface area contributed by atoms with E-state index in [0.29, 0.717) is 11.2 Å². The topological polar surface area (TPSA) is 103 Å². The number of anilines is 1. The Morgan fingerprint density at radius 1 is 1.06 bits per heavy atom. The maximum absolute atomic E-state index is 13.3. The molecule has 2 amide bonds. The van der Waals surface area contributed by atoms with Crippen LogP contribution in [0.4, 0.5) is 15.1 Å². The van der Waals surface area contributed by atoms with E-state index in [4.69, 9.17) is 0 Å². The second-order valence-corrected chi connectivity index (χ2v) is 8.40. The van der Waals surface area contributed by atoms with E-state index < -0.39 is 6.09 Å². The van der Waals surface area contributed by atoms with Crippen molar-refractivity contribution < 1.29 is 18.7 Å². The molecule has 0 unspecified atom stereocenters. The quantitative estimate of drug-likeness (QED) is 0.375. The number of nitrogens with one attached hydrogen (secondary N) is 2. The Balaban J connectivity index is 1.46. The van der Waals surface area contributed by atoms with Gasteiger partial charge in [-0.2, -0.15) is 4.98 Å². The first kappa shape index (κ1) is 23.0. The zero-order chi connectivity index (χ0) is 25.4. The normalized spacial score (nSPS) is 12.0. The molecule has 0 saturated carbocycles. The Bertz CT molecular complexity index is 1610. The third-order valence-electron chi connectivity index (χ3n) is 6.02. The highest BCUT2D eigenvalue weighted by molar-refractivity contribution is 6.08. The zero-order valence-electron chi connectivity index (χ0n) is 19.8. The van der Waals surface area contributed by atoms with Gasteiger partial charge >= 0.3 is 6.09 Å². The molecule has 9 nitrogen and oxygen atoms in total. The molecule has 0 fully saturated rings. The van der Waals surface area contributed by atoms with E-state index >= 15 is 0 Å². The molecule has 0 saturated heterocycles. The minimum atomic E-state index is -0.653. The number of pyridine rings is 1. The summed E-state index contributed by atoms with van der Waals surface area (Å²) < 4.78 is 21.3. The molecule has 182 valence electrons. The van der Waals surface area contributed by atoms with Crippen LogP contribution in [0.2, 0.25) is 0 Å². The number of fused-ring (bicyclic) bond motifs is 2. The van der Waals surface area contributed by atoms with E-state index in [1.807, 2.05) is 48.9 Å². The number of hydrogen-bond acceptors (Lipinski definition) is 5. The third-order valence-corrected chi connectivity index (χ3v) is 6.02. The SMILES string of the molecule is COC(=O)Nc1nc2cc(-c3ccc4c(c3)c(C(=O)N[C@@H](C)c3ccc(F)cc3)cn4C)ccn2n1. The van der Waals surface area contributed by atoms with Gasteiger partial charge in [-0.15, -0.1) is 5.10 Å². The first-order valence-corrected chi connectivity index (χ1v) is 11.2. The van der Waals surface area contributed by atoms with Crippen molar-refractivity contribution >= 4 is 34.5 Å². The number of amides is 2. The summed E-state index contributed by atoms with van der Waals surface area (Å²) in [5.74, 6) is -0.410. The number of rotatable bonds is 5. The summed E-state index contributed by atoms with van der Waals surface area (Å²) in [4.78, 5) is 29.0. The van der Waals surface area contributed by atoms with Crippen LogP contribution < -0.4 is 10.6 Å². The molecule has 3 heterocycles. The van der Waals surface area contributed by atoms with Crippen molar-refractivity contribution in [2.45, 2.75) is 13.0 Å². The maximum atomic E-state index is 13.3. The average Bonchev–Trinajstić information content (AvgIpc) is 3.43. The number of aryl methyl sites for hydroxylation is 1. The number of methoxy groups -OCH3 is 1. The van der Waals surface area contributed by atoms with Crippen LogP contribution >= 0.6 is 0 Å². The van der Waals surface area contributed by atoms with Gasteiger partial charge in [-0.1, -0.05) is 18.2 Å². The summed E-state index contributed by atoms with van der Waals surface area (Å²) in [7, 11) is 3.15. The van der Waals surface area contributed by atoms with Gasteiger partial charge in [0.2, 0.25) is 0 Å². The zero-order valence-corrected chi connectivity index (χ0v) is 19.8. The van der Waals surface area contributed by atoms with Crippen molar-refractivity contribution in [3.8, 4) is 11.1 Å². The summed E-state index contributed by atoms with van der Waals surface area (Å²) in [6, 6.07) is 15.4. The largest absolute Gasteiger partial charge is 0.453 e. The fourth-order valence-corrected chi connectivity index (χ4v) is 4.12. The van der Waals surface area contributed by atoms with Crippen LogP contribution in [0.1, 0.15) is 28.9 Å². The molecule has 0 radical (unpaired) electrons. The minimum absolute atomic E-state index is 0.131. The number of halogens is 1. The molecule has 0 spiro atoms. The van der Waals surface area contributed by atoms with E-state index in [9.17, 15) is 14.0 Å². The molecule has 0 bridgehead atoms. The third kappa shape index (κ3) is 4.36. The molecule has 0 aliphatic rings. The number of ether oxygens (including phenoxy) is 1. The number of carbonyl (C=O) groups excluding carboxylic acids is 2. The molecule has 0 aliphatic heterocycles. The van der Waals surface area contributed by atoms with Gasteiger partial charge in [-0.05, 0) is 60.0 Å². The fourth-order valence-electron chi connectivity index (χ4n) is 4.12. The molecule has 5 rings (SSSR count). The van der Waals surface area contributed by atoms with Gasteiger partial charge in [0.15, 0.2) is 5.65 Å². The predicted octanol–water partition coefficient (Wildman–Crippen LogP) is 4.70. The highest BCUT2D eigenvalue weighted by Crippen LogP contribution is 2.29. The first-order valence-electron chi connectivity index (χ1n) is 11.2. The molecule has 5 aromatic rings. The van der Waals surface area contributed by atoms with E-state index in [1.165, 1.54) is 19.2 Å². The molecule has 36 heavy (non-hydrogen) atoms. The van der Waals surface area contributed by atoms with Crippen LogP contribution in [-0.2, 0) is 11.8 Å². The monoisotopic (exact) mass is 486 g/mol. The highest BCUT2D eigenvalue weighted by Gasteiger charge is 2.18. The second kappa shape index (κ2) is 9.14. The molecular weight excluding hydrogens is 463 g/mol. The van der Waals surface area contributed by atoms with Gasteiger partial charge < -0.3 is 14.6 Å². The fraction of sp³-hybridized carbons (Fsp3) is 0.154. The standard InChI is InChI=1S/C26H23FN6O3/c1-15(16-4-7-19(27)8-5-16)28-24(34)21-14-32(2)22-9-6-17(12-20(21)22)18-10-11-33-23(13-18)29-25(31-33)30-26(35)36-3/h4-15H,1-3H3,(H,28,34)(H,30,31,35)/t15-/m0/s1. The van der Waals surface area contributed by atoms with Crippen molar-refractivity contribution in [1.82, 2.24) is 24.5 Å². The lowest BCUT2D eigenvalue weighted by Crippen LogP contribution is -2.26. The second-order valence-electron chi connectivity index (χ2n) is 8.40. The lowest BCUT2D eigenvalue weighted by Gasteiger charge is -2.14. The summed E-state index contributed by atoms with van der Waals surface area (Å²) in [5.41, 5.74) is 4.56. The number of nitrogens with zero attached hydrogens (tertiary/aromatic N) is 4.